The lowest BCUT2D eigenvalue weighted by atomic mass is 9.76. The van der Waals surface area contributed by atoms with Crippen LogP contribution in [0.5, 0.6) is 5.75 Å². The summed E-state index contributed by atoms with van der Waals surface area (Å²) < 4.78 is 7.81. The molecule has 1 aliphatic heterocycles. The molecule has 4 rings (SSSR count). The topological polar surface area (TPSA) is 70.9 Å². The van der Waals surface area contributed by atoms with E-state index in [1.165, 1.54) is 15.8 Å². The molecule has 2 heterocycles. The Hall–Kier alpha value is -3.30. The highest BCUT2D eigenvalue weighted by molar-refractivity contribution is 7.99. The normalized spacial score (nSPS) is 14.1. The zero-order chi connectivity index (χ0) is 34.2. The van der Waals surface area contributed by atoms with Crippen molar-refractivity contribution >= 4 is 23.4 Å². The van der Waals surface area contributed by atoms with Gasteiger partial charge in [-0.15, -0.1) is 11.8 Å². The van der Waals surface area contributed by atoms with Gasteiger partial charge >= 0.3 is 0 Å². The van der Waals surface area contributed by atoms with Gasteiger partial charge in [0.2, 0.25) is 5.91 Å². The molecule has 1 aromatic heterocycles. The molecule has 256 valence electrons. The van der Waals surface area contributed by atoms with Gasteiger partial charge < -0.3 is 19.4 Å². The van der Waals surface area contributed by atoms with Gasteiger partial charge in [-0.1, -0.05) is 71.9 Å². The van der Waals surface area contributed by atoms with E-state index in [1.54, 1.807) is 11.8 Å². The summed E-state index contributed by atoms with van der Waals surface area (Å²) in [6.07, 6.45) is 5.02. The molecule has 0 spiro atoms. The Morgan fingerprint density at radius 1 is 0.957 bits per heavy atom. The summed E-state index contributed by atoms with van der Waals surface area (Å²) >= 11 is 1.58. The maximum absolute atomic E-state index is 13.7. The van der Waals surface area contributed by atoms with Gasteiger partial charge in [0.1, 0.15) is 5.75 Å². The summed E-state index contributed by atoms with van der Waals surface area (Å²) in [5, 5.41) is 4.55. The second-order valence-corrected chi connectivity index (χ2v) is 15.2. The molecule has 1 amide bonds. The second kappa shape index (κ2) is 16.2. The Morgan fingerprint density at radius 3 is 2.28 bits per heavy atom. The first kappa shape index (κ1) is 36.5. The highest BCUT2D eigenvalue weighted by atomic mass is 32.2. The minimum atomic E-state index is -0.106. The van der Waals surface area contributed by atoms with Crippen molar-refractivity contribution in [3.05, 3.63) is 76.2 Å². The number of nitrogens with zero attached hydrogens (tertiary/aromatic N) is 5. The van der Waals surface area contributed by atoms with Crippen molar-refractivity contribution in [3.63, 3.8) is 0 Å². The standard InChI is InChI=1S/C38H55N5O3S/c1-9-37(3,4)29-18-19-33(31(27-29)38(5,6)10-2)46-25-14-17-34(44)42-22-20-41(21-23-42)32-28-39-43(30-15-12-11-13-16-30)36(45)35(32)47-26-24-40(7)8/h11-13,15-16,18-19,27-28H,9-10,14,17,20-26H2,1-8H3. The maximum atomic E-state index is 13.7. The average Bonchev–Trinajstić information content (AvgIpc) is 3.07. The fraction of sp³-hybridized carbons (Fsp3) is 0.553. The molecule has 0 bridgehead atoms. The van der Waals surface area contributed by atoms with Crippen LogP contribution in [-0.4, -0.2) is 84.7 Å². The number of hydrogen-bond acceptors (Lipinski definition) is 7. The molecule has 3 aromatic rings. The predicted octanol–water partition coefficient (Wildman–Crippen LogP) is 6.77. The lowest BCUT2D eigenvalue weighted by molar-refractivity contribution is -0.131. The minimum Gasteiger partial charge on any atom is -0.493 e. The molecule has 47 heavy (non-hydrogen) atoms. The summed E-state index contributed by atoms with van der Waals surface area (Å²) in [7, 11) is 4.07. The van der Waals surface area contributed by atoms with Crippen LogP contribution in [0.25, 0.3) is 5.69 Å². The zero-order valence-electron chi connectivity index (χ0n) is 29.8. The van der Waals surface area contributed by atoms with Crippen molar-refractivity contribution in [2.45, 2.75) is 83.0 Å². The molecule has 0 N–H and O–H groups in total. The lowest BCUT2D eigenvalue weighted by Gasteiger charge is -2.36. The Balaban J connectivity index is 1.36. The molecule has 1 fully saturated rings. The van der Waals surface area contributed by atoms with E-state index in [9.17, 15) is 9.59 Å². The van der Waals surface area contributed by atoms with Gasteiger partial charge in [0.15, 0.2) is 0 Å². The van der Waals surface area contributed by atoms with E-state index in [1.807, 2.05) is 55.5 Å². The lowest BCUT2D eigenvalue weighted by Crippen LogP contribution is -2.49. The van der Waals surface area contributed by atoms with Crippen molar-refractivity contribution < 1.29 is 9.53 Å². The molecular formula is C38H55N5O3S. The highest BCUT2D eigenvalue weighted by Crippen LogP contribution is 2.38. The number of hydrogen-bond donors (Lipinski definition) is 0. The number of piperazine rings is 1. The third-order valence-corrected chi connectivity index (χ3v) is 10.8. The molecule has 2 aromatic carbocycles. The number of rotatable bonds is 15. The number of carbonyl (C=O) groups excluding carboxylic acids is 1. The number of amides is 1. The van der Waals surface area contributed by atoms with E-state index in [0.29, 0.717) is 50.5 Å². The first-order valence-corrected chi connectivity index (χ1v) is 18.1. The van der Waals surface area contributed by atoms with Crippen molar-refractivity contribution in [2.24, 2.45) is 0 Å². The van der Waals surface area contributed by atoms with Crippen LogP contribution in [0.1, 0.15) is 78.4 Å². The minimum absolute atomic E-state index is 0.00168. The highest BCUT2D eigenvalue weighted by Gasteiger charge is 2.28. The summed E-state index contributed by atoms with van der Waals surface area (Å²) in [5.41, 5.74) is 4.19. The Bertz CT molecular complexity index is 1530. The molecule has 8 nitrogen and oxygen atoms in total. The molecule has 1 aliphatic rings. The van der Waals surface area contributed by atoms with E-state index < -0.39 is 0 Å². The van der Waals surface area contributed by atoms with Gasteiger partial charge in [-0.3, -0.25) is 9.59 Å². The first-order chi connectivity index (χ1) is 22.4. The van der Waals surface area contributed by atoms with E-state index in [0.717, 1.165) is 42.3 Å². The Kier molecular flexibility index (Phi) is 12.6. The van der Waals surface area contributed by atoms with Crippen LogP contribution >= 0.6 is 11.8 Å². The van der Waals surface area contributed by atoms with Gasteiger partial charge in [0.05, 0.1) is 29.1 Å². The van der Waals surface area contributed by atoms with Crippen LogP contribution < -0.4 is 15.2 Å². The molecule has 0 atom stereocenters. The van der Waals surface area contributed by atoms with Crippen LogP contribution in [0, 0.1) is 0 Å². The van der Waals surface area contributed by atoms with Crippen molar-refractivity contribution in [2.75, 3.05) is 64.1 Å². The van der Waals surface area contributed by atoms with Crippen LogP contribution in [-0.2, 0) is 15.6 Å². The fourth-order valence-electron chi connectivity index (χ4n) is 5.63. The maximum Gasteiger partial charge on any atom is 0.287 e. The number of carbonyl (C=O) groups is 1. The molecule has 0 radical (unpaired) electrons. The smallest absolute Gasteiger partial charge is 0.287 e. The summed E-state index contributed by atoms with van der Waals surface area (Å²) in [4.78, 5) is 33.9. The molecule has 0 saturated carbocycles. The van der Waals surface area contributed by atoms with Crippen LogP contribution in [0.4, 0.5) is 5.69 Å². The van der Waals surface area contributed by atoms with E-state index in [2.05, 4.69) is 74.6 Å². The number of para-hydroxylation sites is 1. The first-order valence-electron chi connectivity index (χ1n) is 17.1. The van der Waals surface area contributed by atoms with Crippen LogP contribution in [0.15, 0.2) is 64.4 Å². The quantitative estimate of drug-likeness (QED) is 0.132. The number of aromatic nitrogens is 2. The average molecular weight is 662 g/mol. The van der Waals surface area contributed by atoms with Crippen molar-refractivity contribution in [1.82, 2.24) is 19.6 Å². The largest absolute Gasteiger partial charge is 0.493 e. The Morgan fingerprint density at radius 2 is 1.64 bits per heavy atom. The molecule has 9 heteroatoms. The summed E-state index contributed by atoms with van der Waals surface area (Å²) in [6, 6.07) is 16.2. The van der Waals surface area contributed by atoms with Crippen molar-refractivity contribution in [3.8, 4) is 11.4 Å². The third kappa shape index (κ3) is 9.20. The van der Waals surface area contributed by atoms with E-state index in [-0.39, 0.29) is 22.3 Å². The number of benzene rings is 2. The zero-order valence-corrected chi connectivity index (χ0v) is 30.7. The monoisotopic (exact) mass is 661 g/mol. The van der Waals surface area contributed by atoms with Gasteiger partial charge in [-0.25, -0.2) is 0 Å². The Labute approximate surface area is 286 Å². The van der Waals surface area contributed by atoms with Gasteiger partial charge in [0, 0.05) is 50.5 Å². The van der Waals surface area contributed by atoms with Crippen LogP contribution in [0.3, 0.4) is 0 Å². The van der Waals surface area contributed by atoms with E-state index >= 15 is 0 Å². The van der Waals surface area contributed by atoms with Crippen LogP contribution in [0.2, 0.25) is 0 Å². The van der Waals surface area contributed by atoms with Gasteiger partial charge in [-0.05, 0) is 68.0 Å². The molecular weight excluding hydrogens is 607 g/mol. The molecule has 0 unspecified atom stereocenters. The predicted molar refractivity (Wildman–Crippen MR) is 196 cm³/mol. The number of ether oxygens (including phenoxy) is 1. The fourth-order valence-corrected chi connectivity index (χ4v) is 6.83. The van der Waals surface area contributed by atoms with E-state index in [4.69, 9.17) is 4.74 Å². The van der Waals surface area contributed by atoms with Gasteiger partial charge in [0.25, 0.3) is 5.56 Å². The van der Waals surface area contributed by atoms with Crippen molar-refractivity contribution in [1.29, 1.82) is 0 Å². The molecule has 1 saturated heterocycles. The SMILES string of the molecule is CCC(C)(C)c1ccc(OCCCC(=O)N2CCN(c3cnn(-c4ccccc4)c(=O)c3SCCN(C)C)CC2)c(C(C)(C)CC)c1. The summed E-state index contributed by atoms with van der Waals surface area (Å²) in [6.45, 7) is 17.5. The summed E-state index contributed by atoms with van der Waals surface area (Å²) in [5.74, 6) is 1.88. The third-order valence-electron chi connectivity index (χ3n) is 9.72. The van der Waals surface area contributed by atoms with Gasteiger partial charge in [-0.2, -0.15) is 9.78 Å². The number of thioether (sulfide) groups is 1. The number of anilines is 1. The second-order valence-electron chi connectivity index (χ2n) is 14.1. The molecule has 0 aliphatic carbocycles.